The van der Waals surface area contributed by atoms with Gasteiger partial charge in [-0.15, -0.1) is 0 Å². The number of likely N-dealkylation sites (N-methyl/N-ethyl adjacent to an activating group) is 1. The number of rotatable bonds is 6. The van der Waals surface area contributed by atoms with Gasteiger partial charge in [-0.2, -0.15) is 0 Å². The fourth-order valence-corrected chi connectivity index (χ4v) is 1.90. The van der Waals surface area contributed by atoms with Gasteiger partial charge in [0.15, 0.2) is 0 Å². The second kappa shape index (κ2) is 7.22. The van der Waals surface area contributed by atoms with Crippen molar-refractivity contribution in [2.45, 2.75) is 38.6 Å². The number of amides is 2. The minimum atomic E-state index is -0.0730. The van der Waals surface area contributed by atoms with E-state index in [9.17, 15) is 9.59 Å². The van der Waals surface area contributed by atoms with E-state index in [1.165, 1.54) is 12.8 Å². The van der Waals surface area contributed by atoms with Crippen LogP contribution in [0.15, 0.2) is 0 Å². The van der Waals surface area contributed by atoms with Gasteiger partial charge in [0, 0.05) is 12.6 Å². The van der Waals surface area contributed by atoms with Gasteiger partial charge in [-0.3, -0.25) is 14.9 Å². The molecule has 0 heterocycles. The first-order valence-corrected chi connectivity index (χ1v) is 5.99. The average molecular weight is 227 g/mol. The molecular formula is C11H21N3O2. The van der Waals surface area contributed by atoms with E-state index < -0.39 is 0 Å². The smallest absolute Gasteiger partial charge is 0.234 e. The van der Waals surface area contributed by atoms with Gasteiger partial charge in [-0.1, -0.05) is 12.8 Å². The Bertz CT molecular complexity index is 237. The Kier molecular flexibility index (Phi) is 5.85. The maximum absolute atomic E-state index is 11.4. The maximum Gasteiger partial charge on any atom is 0.234 e. The third kappa shape index (κ3) is 5.11. The Morgan fingerprint density at radius 1 is 1.12 bits per heavy atom. The molecule has 0 spiro atoms. The number of hydrogen-bond acceptors (Lipinski definition) is 3. The van der Waals surface area contributed by atoms with Crippen molar-refractivity contribution in [1.82, 2.24) is 16.0 Å². The zero-order valence-corrected chi connectivity index (χ0v) is 9.84. The predicted octanol–water partition coefficient (Wildman–Crippen LogP) is -0.229. The van der Waals surface area contributed by atoms with Gasteiger partial charge >= 0.3 is 0 Å². The summed E-state index contributed by atoms with van der Waals surface area (Å²) in [6.45, 7) is 2.90. The van der Waals surface area contributed by atoms with Gasteiger partial charge < -0.3 is 10.6 Å². The molecule has 0 bridgehead atoms. The molecule has 0 aromatic rings. The monoisotopic (exact) mass is 227 g/mol. The lowest BCUT2D eigenvalue weighted by Gasteiger charge is -2.12. The summed E-state index contributed by atoms with van der Waals surface area (Å²) < 4.78 is 0. The standard InChI is InChI=1S/C11H21N3O2/c1-2-13-10(15)7-12-8-11(16)14-9-5-3-4-6-9/h9,12H,2-8H2,1H3,(H,13,15)(H,14,16). The normalized spacial score (nSPS) is 16.1. The Morgan fingerprint density at radius 3 is 2.38 bits per heavy atom. The zero-order chi connectivity index (χ0) is 11.8. The minimum Gasteiger partial charge on any atom is -0.355 e. The topological polar surface area (TPSA) is 70.2 Å². The van der Waals surface area contributed by atoms with Gasteiger partial charge in [0.1, 0.15) is 0 Å². The summed E-state index contributed by atoms with van der Waals surface area (Å²) >= 11 is 0. The van der Waals surface area contributed by atoms with E-state index in [-0.39, 0.29) is 24.9 Å². The van der Waals surface area contributed by atoms with Crippen LogP contribution in [-0.4, -0.2) is 37.5 Å². The molecule has 0 aliphatic heterocycles. The highest BCUT2D eigenvalue weighted by Gasteiger charge is 2.16. The van der Waals surface area contributed by atoms with E-state index >= 15 is 0 Å². The summed E-state index contributed by atoms with van der Waals surface area (Å²) in [5.41, 5.74) is 0. The van der Waals surface area contributed by atoms with Crippen LogP contribution in [0.2, 0.25) is 0 Å². The summed E-state index contributed by atoms with van der Waals surface area (Å²) in [5.74, 6) is -0.0904. The second-order valence-electron chi connectivity index (χ2n) is 4.11. The van der Waals surface area contributed by atoms with E-state index in [2.05, 4.69) is 16.0 Å². The highest BCUT2D eigenvalue weighted by atomic mass is 16.2. The van der Waals surface area contributed by atoms with Crippen LogP contribution in [0.4, 0.5) is 0 Å². The first-order valence-electron chi connectivity index (χ1n) is 5.99. The van der Waals surface area contributed by atoms with E-state index in [1.807, 2.05) is 6.92 Å². The highest BCUT2D eigenvalue weighted by Crippen LogP contribution is 2.17. The summed E-state index contributed by atoms with van der Waals surface area (Å²) in [7, 11) is 0. The van der Waals surface area contributed by atoms with Crippen molar-refractivity contribution in [3.63, 3.8) is 0 Å². The van der Waals surface area contributed by atoms with Crippen LogP contribution < -0.4 is 16.0 Å². The third-order valence-corrected chi connectivity index (χ3v) is 2.67. The number of carbonyl (C=O) groups excluding carboxylic acids is 2. The molecule has 0 aromatic heterocycles. The fourth-order valence-electron chi connectivity index (χ4n) is 1.90. The van der Waals surface area contributed by atoms with E-state index in [1.54, 1.807) is 0 Å². The molecule has 1 saturated carbocycles. The maximum atomic E-state index is 11.4. The van der Waals surface area contributed by atoms with Crippen molar-refractivity contribution in [2.75, 3.05) is 19.6 Å². The molecule has 3 N–H and O–H groups in total. The van der Waals surface area contributed by atoms with Crippen LogP contribution in [0, 0.1) is 0 Å². The average Bonchev–Trinajstić information content (AvgIpc) is 2.70. The lowest BCUT2D eigenvalue weighted by molar-refractivity contribution is -0.121. The first-order chi connectivity index (χ1) is 7.72. The Hall–Kier alpha value is -1.10. The van der Waals surface area contributed by atoms with Crippen molar-refractivity contribution < 1.29 is 9.59 Å². The van der Waals surface area contributed by atoms with Crippen LogP contribution >= 0.6 is 0 Å². The molecule has 1 aliphatic carbocycles. The van der Waals surface area contributed by atoms with Gasteiger partial charge in [0.2, 0.25) is 11.8 Å². The Balaban J connectivity index is 2.03. The molecule has 1 rings (SSSR count). The predicted molar refractivity (Wildman–Crippen MR) is 62.0 cm³/mol. The molecule has 0 aromatic carbocycles. The van der Waals surface area contributed by atoms with Gasteiger partial charge in [0.25, 0.3) is 0 Å². The Labute approximate surface area is 96.4 Å². The van der Waals surface area contributed by atoms with Crippen LogP contribution in [0.3, 0.4) is 0 Å². The van der Waals surface area contributed by atoms with Crippen molar-refractivity contribution >= 4 is 11.8 Å². The molecule has 92 valence electrons. The number of hydrogen-bond donors (Lipinski definition) is 3. The molecule has 0 saturated heterocycles. The molecule has 16 heavy (non-hydrogen) atoms. The summed E-state index contributed by atoms with van der Waals surface area (Å²) in [6, 6.07) is 0.346. The molecule has 0 radical (unpaired) electrons. The Morgan fingerprint density at radius 2 is 1.75 bits per heavy atom. The highest BCUT2D eigenvalue weighted by molar-refractivity contribution is 5.81. The van der Waals surface area contributed by atoms with Crippen LogP contribution in [0.5, 0.6) is 0 Å². The fraction of sp³-hybridized carbons (Fsp3) is 0.818. The second-order valence-corrected chi connectivity index (χ2v) is 4.11. The first kappa shape index (κ1) is 13.0. The van der Waals surface area contributed by atoms with E-state index in [4.69, 9.17) is 0 Å². The quantitative estimate of drug-likeness (QED) is 0.587. The number of carbonyl (C=O) groups is 2. The van der Waals surface area contributed by atoms with Crippen molar-refractivity contribution in [3.8, 4) is 0 Å². The summed E-state index contributed by atoms with van der Waals surface area (Å²) in [5, 5.41) is 8.43. The van der Waals surface area contributed by atoms with Gasteiger partial charge in [-0.05, 0) is 19.8 Å². The molecule has 1 aliphatic rings. The third-order valence-electron chi connectivity index (χ3n) is 2.67. The molecule has 0 atom stereocenters. The van der Waals surface area contributed by atoms with Crippen LogP contribution in [0.1, 0.15) is 32.6 Å². The SMILES string of the molecule is CCNC(=O)CNCC(=O)NC1CCCC1. The van der Waals surface area contributed by atoms with Gasteiger partial charge in [-0.25, -0.2) is 0 Å². The molecule has 0 unspecified atom stereocenters. The van der Waals surface area contributed by atoms with E-state index in [0.29, 0.717) is 12.6 Å². The largest absolute Gasteiger partial charge is 0.355 e. The van der Waals surface area contributed by atoms with Crippen LogP contribution in [0.25, 0.3) is 0 Å². The van der Waals surface area contributed by atoms with Crippen LogP contribution in [-0.2, 0) is 9.59 Å². The van der Waals surface area contributed by atoms with E-state index in [0.717, 1.165) is 12.8 Å². The number of nitrogens with one attached hydrogen (secondary N) is 3. The molecule has 1 fully saturated rings. The lowest BCUT2D eigenvalue weighted by atomic mass is 10.2. The van der Waals surface area contributed by atoms with Crippen molar-refractivity contribution in [3.05, 3.63) is 0 Å². The van der Waals surface area contributed by atoms with Crippen molar-refractivity contribution in [1.29, 1.82) is 0 Å². The summed E-state index contributed by atoms with van der Waals surface area (Å²) in [4.78, 5) is 22.5. The van der Waals surface area contributed by atoms with Crippen molar-refractivity contribution in [2.24, 2.45) is 0 Å². The zero-order valence-electron chi connectivity index (χ0n) is 9.84. The molecule has 5 nitrogen and oxygen atoms in total. The molecule has 5 heteroatoms. The molecular weight excluding hydrogens is 206 g/mol. The van der Waals surface area contributed by atoms with Gasteiger partial charge in [0.05, 0.1) is 13.1 Å². The minimum absolute atomic E-state index is 0.0174. The molecule has 2 amide bonds. The lowest BCUT2D eigenvalue weighted by Crippen LogP contribution is -2.42. The summed E-state index contributed by atoms with van der Waals surface area (Å²) in [6.07, 6.45) is 4.58.